The minimum Gasteiger partial charge on any atom is -0.462 e. The minimum atomic E-state index is -4.97. The average Bonchev–Trinajstić information content (AvgIpc) is 0.899. The number of aliphatic hydroxyl groups is 1. The van der Waals surface area contributed by atoms with Crippen molar-refractivity contribution in [3.8, 4) is 0 Å². The van der Waals surface area contributed by atoms with Crippen molar-refractivity contribution in [2.24, 2.45) is 17.8 Å². The number of esters is 4. The number of unbranched alkanes of at least 4 members (excludes halogenated alkanes) is 52. The molecule has 0 aromatic rings. The smallest absolute Gasteiger partial charge is 0.462 e. The lowest BCUT2D eigenvalue weighted by atomic mass is 9.99. The van der Waals surface area contributed by atoms with Gasteiger partial charge in [-0.15, -0.1) is 0 Å². The zero-order chi connectivity index (χ0) is 77.9. The van der Waals surface area contributed by atoms with Gasteiger partial charge in [0.05, 0.1) is 26.4 Å². The van der Waals surface area contributed by atoms with Crippen LogP contribution in [0.2, 0.25) is 0 Å². The predicted octanol–water partition coefficient (Wildman–Crippen LogP) is 26.5. The molecule has 0 fully saturated rings. The van der Waals surface area contributed by atoms with Crippen LogP contribution in [0, 0.1) is 17.8 Å². The summed E-state index contributed by atoms with van der Waals surface area (Å²) in [6, 6.07) is 0. The van der Waals surface area contributed by atoms with Gasteiger partial charge in [-0.3, -0.25) is 37.3 Å². The number of phosphoric ester groups is 2. The van der Waals surface area contributed by atoms with Crippen molar-refractivity contribution >= 4 is 39.5 Å². The molecule has 0 aromatic carbocycles. The number of ether oxygens (including phenoxy) is 4. The second-order valence-electron chi connectivity index (χ2n) is 32.5. The molecule has 0 rings (SSSR count). The fourth-order valence-corrected chi connectivity index (χ4v) is 15.1. The molecule has 630 valence electrons. The summed E-state index contributed by atoms with van der Waals surface area (Å²) in [5.74, 6) is 0.328. The van der Waals surface area contributed by atoms with Gasteiger partial charge in [0.1, 0.15) is 19.3 Å². The highest BCUT2D eigenvalue weighted by atomic mass is 31.2. The first kappa shape index (κ1) is 104. The van der Waals surface area contributed by atoms with E-state index >= 15 is 0 Å². The molecule has 0 bridgehead atoms. The van der Waals surface area contributed by atoms with Gasteiger partial charge in [0.25, 0.3) is 0 Å². The molecule has 0 aliphatic rings. The van der Waals surface area contributed by atoms with Gasteiger partial charge in [0, 0.05) is 25.7 Å². The third-order valence-corrected chi connectivity index (χ3v) is 22.6. The lowest BCUT2D eigenvalue weighted by Crippen LogP contribution is -2.30. The average molecular weight is 1550 g/mol. The van der Waals surface area contributed by atoms with Crippen molar-refractivity contribution < 1.29 is 80.2 Å². The summed E-state index contributed by atoms with van der Waals surface area (Å²) >= 11 is 0. The Morgan fingerprint density at radius 1 is 0.274 bits per heavy atom. The highest BCUT2D eigenvalue weighted by Gasteiger charge is 2.31. The largest absolute Gasteiger partial charge is 0.472 e. The van der Waals surface area contributed by atoms with Gasteiger partial charge in [-0.25, -0.2) is 9.13 Å². The zero-order valence-corrected chi connectivity index (χ0v) is 71.7. The zero-order valence-electron chi connectivity index (χ0n) is 69.9. The number of hydrogen-bond donors (Lipinski definition) is 3. The monoisotopic (exact) mass is 1550 g/mol. The molecule has 6 atom stereocenters. The Kier molecular flexibility index (Phi) is 75.6. The Labute approximate surface area is 651 Å². The third-order valence-electron chi connectivity index (χ3n) is 20.7. The first-order valence-electron chi connectivity index (χ1n) is 44.9. The molecular weight excluding hydrogens is 1380 g/mol. The van der Waals surface area contributed by atoms with Crippen LogP contribution >= 0.6 is 15.6 Å². The van der Waals surface area contributed by atoms with Crippen LogP contribution in [0.3, 0.4) is 0 Å². The fraction of sp³-hybridized carbons (Fsp3) is 0.954. The topological polar surface area (TPSA) is 237 Å². The van der Waals surface area contributed by atoms with E-state index in [4.69, 9.17) is 37.0 Å². The lowest BCUT2D eigenvalue weighted by molar-refractivity contribution is -0.161. The Morgan fingerprint density at radius 2 is 0.481 bits per heavy atom. The van der Waals surface area contributed by atoms with Crippen LogP contribution in [-0.4, -0.2) is 96.7 Å². The molecule has 0 heterocycles. The molecule has 0 saturated heterocycles. The standard InChI is InChI=1S/C87H170O17P2/c1-8-10-11-12-13-14-15-16-27-33-42-49-56-63-70-86(91)104-83(75-98-85(90)69-62-55-48-41-36-35-38-45-52-59-66-79(5)6)77-102-106(95,96)100-73-81(88)72-99-105(93,94)101-76-82(74-97-84(89)68-61-54-47-40-32-28-24-23-26-31-39-46-53-60-67-80(7)9-2)103-87(92)71-64-57-50-43-34-29-22-20-18-17-19-21-25-30-37-44-51-58-65-78(3)4/h78-83,88H,8-77H2,1-7H3,(H,93,94)(H,95,96)/t80?,81-,82-,83-/m1/s1. The number of carbonyl (C=O) groups is 4. The molecule has 106 heavy (non-hydrogen) atoms. The van der Waals surface area contributed by atoms with Crippen LogP contribution in [0.1, 0.15) is 459 Å². The van der Waals surface area contributed by atoms with Crippen molar-refractivity contribution in [2.75, 3.05) is 39.6 Å². The Balaban J connectivity index is 5.26. The number of rotatable bonds is 85. The summed E-state index contributed by atoms with van der Waals surface area (Å²) in [6.07, 6.45) is 67.9. The van der Waals surface area contributed by atoms with E-state index in [1.165, 1.54) is 270 Å². The first-order chi connectivity index (χ1) is 51.3. The van der Waals surface area contributed by atoms with Gasteiger partial charge in [0.15, 0.2) is 12.2 Å². The molecule has 17 nitrogen and oxygen atoms in total. The normalized spacial score (nSPS) is 14.1. The maximum absolute atomic E-state index is 13.2. The van der Waals surface area contributed by atoms with E-state index in [2.05, 4.69) is 48.5 Å². The predicted molar refractivity (Wildman–Crippen MR) is 437 cm³/mol. The van der Waals surface area contributed by atoms with Crippen LogP contribution in [0.5, 0.6) is 0 Å². The first-order valence-corrected chi connectivity index (χ1v) is 47.9. The van der Waals surface area contributed by atoms with E-state index in [0.29, 0.717) is 25.7 Å². The van der Waals surface area contributed by atoms with E-state index < -0.39 is 97.5 Å². The van der Waals surface area contributed by atoms with Gasteiger partial charge >= 0.3 is 39.5 Å². The molecule has 0 radical (unpaired) electrons. The summed E-state index contributed by atoms with van der Waals surface area (Å²) in [5.41, 5.74) is 0. The highest BCUT2D eigenvalue weighted by Crippen LogP contribution is 2.45. The summed E-state index contributed by atoms with van der Waals surface area (Å²) in [4.78, 5) is 73.3. The SMILES string of the molecule is CCCCCCCCCCCCCCCCC(=O)O[C@H](COC(=O)CCCCCCCCCCCCC(C)C)COP(=O)(O)OC[C@H](O)COP(=O)(O)OC[C@@H](COC(=O)CCCCCCCCCCCCCCCCC(C)CC)OC(=O)CCCCCCCCCCCCCCCCCCCCC(C)C. The molecule has 3 unspecified atom stereocenters. The minimum absolute atomic E-state index is 0.108. The number of phosphoric acid groups is 2. The molecule has 0 saturated carbocycles. The molecule has 0 aliphatic heterocycles. The van der Waals surface area contributed by atoms with Crippen LogP contribution in [0.15, 0.2) is 0 Å². The summed E-state index contributed by atoms with van der Waals surface area (Å²) in [5, 5.41) is 10.7. The van der Waals surface area contributed by atoms with Gasteiger partial charge in [-0.05, 0) is 43.4 Å². The van der Waals surface area contributed by atoms with Gasteiger partial charge in [-0.2, -0.15) is 0 Å². The lowest BCUT2D eigenvalue weighted by Gasteiger charge is -2.21. The fourth-order valence-electron chi connectivity index (χ4n) is 13.5. The van der Waals surface area contributed by atoms with Crippen molar-refractivity contribution in [2.45, 2.75) is 478 Å². The second-order valence-corrected chi connectivity index (χ2v) is 35.4. The molecule has 3 N–H and O–H groups in total. The molecule has 0 amide bonds. The summed E-state index contributed by atoms with van der Waals surface area (Å²) in [6.45, 7) is 12.1. The van der Waals surface area contributed by atoms with E-state index in [0.717, 1.165) is 108 Å². The van der Waals surface area contributed by atoms with E-state index in [-0.39, 0.29) is 25.7 Å². The summed E-state index contributed by atoms with van der Waals surface area (Å²) < 4.78 is 69.0. The maximum Gasteiger partial charge on any atom is 0.472 e. The van der Waals surface area contributed by atoms with Crippen LogP contribution < -0.4 is 0 Å². The van der Waals surface area contributed by atoms with Crippen molar-refractivity contribution in [1.82, 2.24) is 0 Å². The second kappa shape index (κ2) is 77.0. The number of carbonyl (C=O) groups excluding carboxylic acids is 4. The maximum atomic E-state index is 13.2. The van der Waals surface area contributed by atoms with Crippen molar-refractivity contribution in [1.29, 1.82) is 0 Å². The Bertz CT molecular complexity index is 2050. The van der Waals surface area contributed by atoms with E-state index in [1.54, 1.807) is 0 Å². The number of hydrogen-bond acceptors (Lipinski definition) is 15. The van der Waals surface area contributed by atoms with Gasteiger partial charge in [0.2, 0.25) is 0 Å². The molecule has 0 aliphatic carbocycles. The van der Waals surface area contributed by atoms with Crippen LogP contribution in [0.25, 0.3) is 0 Å². The van der Waals surface area contributed by atoms with E-state index in [1.807, 2.05) is 0 Å². The molecule has 0 spiro atoms. The quantitative estimate of drug-likeness (QED) is 0.0222. The number of aliphatic hydroxyl groups excluding tert-OH is 1. The Hall–Kier alpha value is -1.94. The van der Waals surface area contributed by atoms with Gasteiger partial charge < -0.3 is 33.8 Å². The molecular formula is C87H170O17P2. The summed E-state index contributed by atoms with van der Waals surface area (Å²) in [7, 11) is -9.93. The van der Waals surface area contributed by atoms with Crippen LogP contribution in [0.4, 0.5) is 0 Å². The molecule has 19 heteroatoms. The third kappa shape index (κ3) is 78.7. The molecule has 0 aromatic heterocycles. The Morgan fingerprint density at radius 3 is 0.717 bits per heavy atom. The van der Waals surface area contributed by atoms with Crippen LogP contribution in [-0.2, 0) is 65.4 Å². The van der Waals surface area contributed by atoms with Crippen molar-refractivity contribution in [3.05, 3.63) is 0 Å². The van der Waals surface area contributed by atoms with E-state index in [9.17, 15) is 43.2 Å². The van der Waals surface area contributed by atoms with Gasteiger partial charge in [-0.1, -0.05) is 408 Å². The highest BCUT2D eigenvalue weighted by molar-refractivity contribution is 7.47. The van der Waals surface area contributed by atoms with Crippen molar-refractivity contribution in [3.63, 3.8) is 0 Å².